The Balaban J connectivity index is 1.80. The second-order valence-corrected chi connectivity index (χ2v) is 7.00. The van der Waals surface area contributed by atoms with Crippen molar-refractivity contribution in [2.75, 3.05) is 37.3 Å². The molecule has 3 N–H and O–H groups in total. The third-order valence-corrected chi connectivity index (χ3v) is 4.85. The van der Waals surface area contributed by atoms with Gasteiger partial charge in [-0.15, -0.1) is 0 Å². The van der Waals surface area contributed by atoms with Gasteiger partial charge in [-0.05, 0) is 36.8 Å². The molecule has 0 aliphatic heterocycles. The van der Waals surface area contributed by atoms with Gasteiger partial charge in [0.2, 0.25) is 17.6 Å². The zero-order valence-corrected chi connectivity index (χ0v) is 18.7. The maximum absolute atomic E-state index is 11.5. The Morgan fingerprint density at radius 3 is 2.69 bits per heavy atom. The van der Waals surface area contributed by atoms with E-state index in [1.54, 1.807) is 39.5 Å². The van der Waals surface area contributed by atoms with Gasteiger partial charge in [-0.25, -0.2) is 4.98 Å². The Hall–Kier alpha value is -3.72. The van der Waals surface area contributed by atoms with Crippen LogP contribution in [0, 0.1) is 0 Å². The fourth-order valence-corrected chi connectivity index (χ4v) is 3.26. The number of rotatable bonds is 9. The van der Waals surface area contributed by atoms with Crippen molar-refractivity contribution in [1.82, 2.24) is 9.97 Å². The smallest absolute Gasteiger partial charge is 0.247 e. The highest BCUT2D eigenvalue weighted by atomic mass is 35.5. The number of nitrogens with one attached hydrogen (secondary N) is 3. The molecule has 1 heterocycles. The summed E-state index contributed by atoms with van der Waals surface area (Å²) in [5.41, 5.74) is 1.29. The molecule has 1 aliphatic rings. The van der Waals surface area contributed by atoms with Crippen molar-refractivity contribution in [3.8, 4) is 0 Å². The summed E-state index contributed by atoms with van der Waals surface area (Å²) >= 11 is 6.30. The van der Waals surface area contributed by atoms with Crippen LogP contribution in [0.1, 0.15) is 6.42 Å². The summed E-state index contributed by atoms with van der Waals surface area (Å²) in [6.07, 6.45) is 5.18. The maximum Gasteiger partial charge on any atom is 0.247 e. The fraction of sp³-hybridized carbons (Fsp3) is 0.227. The van der Waals surface area contributed by atoms with Crippen molar-refractivity contribution < 1.29 is 19.0 Å². The lowest BCUT2D eigenvalue weighted by Crippen LogP contribution is -2.28. The molecular weight excluding hydrogens is 434 g/mol. The van der Waals surface area contributed by atoms with E-state index in [1.165, 1.54) is 12.3 Å². The number of ether oxygens (including phenoxy) is 3. The lowest BCUT2D eigenvalue weighted by molar-refractivity contribution is -0.111. The van der Waals surface area contributed by atoms with Crippen molar-refractivity contribution in [2.24, 2.45) is 0 Å². The normalized spacial score (nSPS) is 15.4. The number of anilines is 4. The van der Waals surface area contributed by atoms with E-state index in [1.807, 2.05) is 12.1 Å². The van der Waals surface area contributed by atoms with E-state index in [-0.39, 0.29) is 11.9 Å². The molecule has 0 saturated heterocycles. The van der Waals surface area contributed by atoms with Gasteiger partial charge in [-0.1, -0.05) is 24.2 Å². The molecule has 10 heteroatoms. The Kier molecular flexibility index (Phi) is 7.56. The molecule has 3 rings (SSSR count). The predicted octanol–water partition coefficient (Wildman–Crippen LogP) is 4.22. The number of hydrogen-bond acceptors (Lipinski definition) is 8. The van der Waals surface area contributed by atoms with Crippen molar-refractivity contribution >= 4 is 40.6 Å². The highest BCUT2D eigenvalue weighted by Crippen LogP contribution is 2.30. The summed E-state index contributed by atoms with van der Waals surface area (Å²) in [4.78, 5) is 20.3. The van der Waals surface area contributed by atoms with Crippen molar-refractivity contribution in [1.29, 1.82) is 0 Å². The molecule has 1 aliphatic carbocycles. The molecule has 0 fully saturated rings. The van der Waals surface area contributed by atoms with Gasteiger partial charge in [-0.3, -0.25) is 4.79 Å². The summed E-state index contributed by atoms with van der Waals surface area (Å²) in [5.74, 6) is 2.12. The van der Waals surface area contributed by atoms with Gasteiger partial charge in [0, 0.05) is 11.4 Å². The second kappa shape index (κ2) is 10.5. The Morgan fingerprint density at radius 2 is 2.00 bits per heavy atom. The van der Waals surface area contributed by atoms with E-state index in [0.717, 1.165) is 0 Å². The van der Waals surface area contributed by atoms with Gasteiger partial charge in [0.05, 0.1) is 33.6 Å². The standard InChI is InChI=1S/C22H24ClN5O4/c1-5-18(29)25-13-7-6-8-14(11-13)26-21-15(23)12-24-22(28-21)27-16-9-10-17(30-2)20(32-4)19(16)31-3/h5-8,10-12,16H,1,9H2,2-4H3,(H,25,29)(H2,24,26,27,28). The van der Waals surface area contributed by atoms with Crippen LogP contribution < -0.4 is 16.0 Å². The molecule has 0 saturated carbocycles. The van der Waals surface area contributed by atoms with Crippen LogP contribution in [-0.4, -0.2) is 43.2 Å². The first-order valence-corrected chi connectivity index (χ1v) is 10.0. The number of nitrogens with zero attached hydrogens (tertiary/aromatic N) is 2. The molecular formula is C22H24ClN5O4. The van der Waals surface area contributed by atoms with Gasteiger partial charge in [0.1, 0.15) is 5.02 Å². The summed E-state index contributed by atoms with van der Waals surface area (Å²) in [5, 5.41) is 9.42. The lowest BCUT2D eigenvalue weighted by Gasteiger charge is -2.26. The molecule has 1 aromatic heterocycles. The lowest BCUT2D eigenvalue weighted by atomic mass is 10.0. The molecule has 1 aromatic carbocycles. The number of halogens is 1. The van der Waals surface area contributed by atoms with Crippen molar-refractivity contribution in [2.45, 2.75) is 12.5 Å². The van der Waals surface area contributed by atoms with E-state index >= 15 is 0 Å². The third-order valence-electron chi connectivity index (χ3n) is 4.57. The molecule has 1 amide bonds. The first-order valence-electron chi connectivity index (χ1n) is 9.65. The number of amides is 1. The number of methoxy groups -OCH3 is 3. The Labute approximate surface area is 191 Å². The molecule has 2 aromatic rings. The van der Waals surface area contributed by atoms with Crippen LogP contribution in [0.2, 0.25) is 5.02 Å². The minimum absolute atomic E-state index is 0.264. The van der Waals surface area contributed by atoms with Crippen molar-refractivity contribution in [3.05, 3.63) is 71.5 Å². The topological polar surface area (TPSA) is 107 Å². The largest absolute Gasteiger partial charge is 0.495 e. The molecule has 168 valence electrons. The third kappa shape index (κ3) is 5.30. The van der Waals surface area contributed by atoms with Crippen LogP contribution in [0.15, 0.2) is 66.5 Å². The molecule has 9 nitrogen and oxygen atoms in total. The SMILES string of the molecule is C=CC(=O)Nc1cccc(Nc2nc(NC3CC=C(OC)C(OC)=C3OC)ncc2Cl)c1. The summed E-state index contributed by atoms with van der Waals surface area (Å²) in [7, 11) is 4.69. The predicted molar refractivity (Wildman–Crippen MR) is 124 cm³/mol. The van der Waals surface area contributed by atoms with E-state index in [2.05, 4.69) is 32.5 Å². The van der Waals surface area contributed by atoms with Crippen LogP contribution in [0.5, 0.6) is 0 Å². The molecule has 0 bridgehead atoms. The first kappa shape index (κ1) is 23.0. The quantitative estimate of drug-likeness (QED) is 0.480. The number of hydrogen-bond donors (Lipinski definition) is 3. The average Bonchev–Trinajstić information content (AvgIpc) is 2.80. The Morgan fingerprint density at radius 1 is 1.22 bits per heavy atom. The monoisotopic (exact) mass is 457 g/mol. The molecule has 32 heavy (non-hydrogen) atoms. The first-order chi connectivity index (χ1) is 15.5. The second-order valence-electron chi connectivity index (χ2n) is 6.60. The Bertz CT molecular complexity index is 1070. The zero-order chi connectivity index (χ0) is 23.1. The summed E-state index contributed by atoms with van der Waals surface area (Å²) in [6, 6.07) is 6.86. The van der Waals surface area contributed by atoms with E-state index in [9.17, 15) is 4.79 Å². The number of benzene rings is 1. The fourth-order valence-electron chi connectivity index (χ4n) is 3.13. The zero-order valence-electron chi connectivity index (χ0n) is 17.9. The van der Waals surface area contributed by atoms with Gasteiger partial charge in [0.15, 0.2) is 17.3 Å². The molecule has 0 spiro atoms. The van der Waals surface area contributed by atoms with Crippen LogP contribution in [0.3, 0.4) is 0 Å². The number of aromatic nitrogens is 2. The molecule has 1 unspecified atom stereocenters. The van der Waals surface area contributed by atoms with Gasteiger partial charge in [0.25, 0.3) is 0 Å². The highest BCUT2D eigenvalue weighted by Gasteiger charge is 2.28. The van der Waals surface area contributed by atoms with Crippen LogP contribution >= 0.6 is 11.6 Å². The average molecular weight is 458 g/mol. The number of carbonyl (C=O) groups is 1. The summed E-state index contributed by atoms with van der Waals surface area (Å²) in [6.45, 7) is 3.45. The minimum Gasteiger partial charge on any atom is -0.495 e. The molecule has 1 atom stereocenters. The van der Waals surface area contributed by atoms with Crippen LogP contribution in [0.4, 0.5) is 23.1 Å². The van der Waals surface area contributed by atoms with Crippen LogP contribution in [0.25, 0.3) is 0 Å². The van der Waals surface area contributed by atoms with Gasteiger partial charge < -0.3 is 30.2 Å². The van der Waals surface area contributed by atoms with E-state index in [0.29, 0.717) is 51.9 Å². The minimum atomic E-state index is -0.302. The summed E-state index contributed by atoms with van der Waals surface area (Å²) < 4.78 is 16.3. The van der Waals surface area contributed by atoms with Crippen LogP contribution in [-0.2, 0) is 19.0 Å². The van der Waals surface area contributed by atoms with Crippen molar-refractivity contribution in [3.63, 3.8) is 0 Å². The van der Waals surface area contributed by atoms with E-state index < -0.39 is 0 Å². The maximum atomic E-state index is 11.5. The van der Waals surface area contributed by atoms with E-state index in [4.69, 9.17) is 25.8 Å². The number of carbonyl (C=O) groups excluding carboxylic acids is 1. The molecule has 0 radical (unpaired) electrons. The highest BCUT2D eigenvalue weighted by molar-refractivity contribution is 6.32. The van der Waals surface area contributed by atoms with Gasteiger partial charge in [-0.2, -0.15) is 4.98 Å². The van der Waals surface area contributed by atoms with Gasteiger partial charge >= 0.3 is 0 Å².